The number of anilines is 1. The predicted octanol–water partition coefficient (Wildman–Crippen LogP) is 2.17. The topological polar surface area (TPSA) is 83.5 Å². The van der Waals surface area contributed by atoms with Gasteiger partial charge in [0.05, 0.1) is 16.9 Å². The van der Waals surface area contributed by atoms with Gasteiger partial charge in [-0.3, -0.25) is 4.79 Å². The molecule has 0 N–H and O–H groups in total. The van der Waals surface area contributed by atoms with Crippen LogP contribution in [0.15, 0.2) is 6.33 Å². The third kappa shape index (κ3) is 3.50. The molecule has 0 aliphatic carbocycles. The van der Waals surface area contributed by atoms with Gasteiger partial charge < -0.3 is 9.80 Å². The fraction of sp³-hybridized carbons (Fsp3) is 0.632. The first-order valence-corrected chi connectivity index (χ1v) is 12.3. The highest BCUT2D eigenvalue weighted by molar-refractivity contribution is 7.91. The number of sulfone groups is 1. The average Bonchev–Trinajstić information content (AvgIpc) is 3.19. The molecule has 2 fully saturated rings. The van der Waals surface area contributed by atoms with Crippen molar-refractivity contribution in [1.29, 1.82) is 0 Å². The summed E-state index contributed by atoms with van der Waals surface area (Å²) >= 11 is 1.69. The molecule has 9 heteroatoms. The lowest BCUT2D eigenvalue weighted by Gasteiger charge is -2.35. The van der Waals surface area contributed by atoms with Crippen LogP contribution in [0.25, 0.3) is 10.2 Å². The fourth-order valence-corrected chi connectivity index (χ4v) is 7.06. The summed E-state index contributed by atoms with van der Waals surface area (Å²) in [6.07, 6.45) is 3.70. The summed E-state index contributed by atoms with van der Waals surface area (Å²) in [5.74, 6) is 1.29. The van der Waals surface area contributed by atoms with Crippen LogP contribution in [-0.4, -0.2) is 66.9 Å². The van der Waals surface area contributed by atoms with Gasteiger partial charge in [0.15, 0.2) is 9.84 Å². The molecule has 7 nitrogen and oxygen atoms in total. The summed E-state index contributed by atoms with van der Waals surface area (Å²) in [5.41, 5.74) is 1.23. The van der Waals surface area contributed by atoms with Crippen LogP contribution in [0, 0.1) is 19.8 Å². The number of nitrogens with zero attached hydrogens (tertiary/aromatic N) is 4. The van der Waals surface area contributed by atoms with Gasteiger partial charge in [0, 0.05) is 37.0 Å². The zero-order chi connectivity index (χ0) is 20.1. The van der Waals surface area contributed by atoms with E-state index in [1.165, 1.54) is 10.4 Å². The van der Waals surface area contributed by atoms with Crippen molar-refractivity contribution < 1.29 is 13.2 Å². The molecular weight excluding hydrogens is 396 g/mol. The minimum atomic E-state index is -2.99. The van der Waals surface area contributed by atoms with E-state index in [-0.39, 0.29) is 29.4 Å². The van der Waals surface area contributed by atoms with E-state index in [0.29, 0.717) is 6.42 Å². The zero-order valence-corrected chi connectivity index (χ0v) is 18.1. The highest BCUT2D eigenvalue weighted by Gasteiger charge is 2.36. The van der Waals surface area contributed by atoms with Crippen LogP contribution < -0.4 is 4.90 Å². The lowest BCUT2D eigenvalue weighted by Crippen LogP contribution is -2.45. The molecule has 2 aromatic heterocycles. The Labute approximate surface area is 169 Å². The van der Waals surface area contributed by atoms with Crippen LogP contribution >= 0.6 is 11.3 Å². The monoisotopic (exact) mass is 422 g/mol. The van der Waals surface area contributed by atoms with Crippen LogP contribution in [0.1, 0.15) is 29.7 Å². The number of thiophene rings is 1. The number of rotatable bonds is 3. The fourth-order valence-electron chi connectivity index (χ4n) is 4.29. The molecule has 2 aliphatic rings. The summed E-state index contributed by atoms with van der Waals surface area (Å²) in [5, 5.41) is 1.13. The first kappa shape index (κ1) is 19.6. The molecule has 1 amide bonds. The summed E-state index contributed by atoms with van der Waals surface area (Å²) in [6.45, 7) is 5.76. The number of hydrogen-bond acceptors (Lipinski definition) is 7. The van der Waals surface area contributed by atoms with E-state index in [1.807, 2.05) is 0 Å². The van der Waals surface area contributed by atoms with Gasteiger partial charge in [-0.25, -0.2) is 18.4 Å². The van der Waals surface area contributed by atoms with Gasteiger partial charge in [-0.1, -0.05) is 0 Å². The normalized spacial score (nSPS) is 22.7. The van der Waals surface area contributed by atoms with E-state index in [1.54, 1.807) is 29.6 Å². The number of carbonyl (C=O) groups is 1. The zero-order valence-electron chi connectivity index (χ0n) is 16.5. The number of hydrogen-bond donors (Lipinski definition) is 0. The average molecular weight is 423 g/mol. The first-order chi connectivity index (χ1) is 13.3. The molecule has 28 heavy (non-hydrogen) atoms. The molecule has 0 aromatic carbocycles. The quantitative estimate of drug-likeness (QED) is 0.754. The maximum absolute atomic E-state index is 12.9. The molecule has 0 bridgehead atoms. The maximum atomic E-state index is 12.9. The Morgan fingerprint density at radius 2 is 1.93 bits per heavy atom. The number of aryl methyl sites for hydroxylation is 2. The van der Waals surface area contributed by atoms with Crippen molar-refractivity contribution in [3.8, 4) is 0 Å². The lowest BCUT2D eigenvalue weighted by atomic mass is 9.94. The van der Waals surface area contributed by atoms with Crippen molar-refractivity contribution in [1.82, 2.24) is 14.9 Å². The second-order valence-electron chi connectivity index (χ2n) is 7.93. The van der Waals surface area contributed by atoms with Gasteiger partial charge in [-0.15, -0.1) is 11.3 Å². The minimum Gasteiger partial charge on any atom is -0.356 e. The summed E-state index contributed by atoms with van der Waals surface area (Å²) < 4.78 is 23.4. The highest BCUT2D eigenvalue weighted by Crippen LogP contribution is 2.36. The second kappa shape index (κ2) is 7.26. The van der Waals surface area contributed by atoms with Crippen molar-refractivity contribution in [2.45, 2.75) is 39.2 Å². The molecule has 0 radical (unpaired) electrons. The molecular formula is C19H26N4O3S2. The van der Waals surface area contributed by atoms with Crippen LogP contribution in [0.3, 0.4) is 0 Å². The van der Waals surface area contributed by atoms with Crippen molar-refractivity contribution in [2.24, 2.45) is 5.92 Å². The smallest absolute Gasteiger partial charge is 0.225 e. The van der Waals surface area contributed by atoms with Gasteiger partial charge in [0.2, 0.25) is 5.91 Å². The van der Waals surface area contributed by atoms with E-state index < -0.39 is 9.84 Å². The Balaban J connectivity index is 1.45. The van der Waals surface area contributed by atoms with Crippen LogP contribution in [0.2, 0.25) is 0 Å². The third-order valence-corrected chi connectivity index (χ3v) is 9.06. The van der Waals surface area contributed by atoms with Crippen LogP contribution in [0.5, 0.6) is 0 Å². The van der Waals surface area contributed by atoms with E-state index >= 15 is 0 Å². The van der Waals surface area contributed by atoms with Gasteiger partial charge >= 0.3 is 0 Å². The first-order valence-electron chi connectivity index (χ1n) is 9.69. The molecule has 152 valence electrons. The van der Waals surface area contributed by atoms with Crippen LogP contribution in [0.4, 0.5) is 5.82 Å². The van der Waals surface area contributed by atoms with Crippen molar-refractivity contribution in [2.75, 3.05) is 36.5 Å². The molecule has 2 saturated heterocycles. The molecule has 0 saturated carbocycles. The third-order valence-electron chi connectivity index (χ3n) is 6.19. The van der Waals surface area contributed by atoms with E-state index in [2.05, 4.69) is 28.7 Å². The predicted molar refractivity (Wildman–Crippen MR) is 112 cm³/mol. The van der Waals surface area contributed by atoms with Gasteiger partial charge in [0.25, 0.3) is 0 Å². The maximum Gasteiger partial charge on any atom is 0.225 e. The molecule has 0 spiro atoms. The Morgan fingerprint density at radius 1 is 1.21 bits per heavy atom. The van der Waals surface area contributed by atoms with E-state index in [0.717, 1.165) is 42.0 Å². The van der Waals surface area contributed by atoms with E-state index in [4.69, 9.17) is 0 Å². The second-order valence-corrected chi connectivity index (χ2v) is 11.4. The summed E-state index contributed by atoms with van der Waals surface area (Å²) in [6, 6.07) is -0.173. The molecule has 4 rings (SSSR count). The van der Waals surface area contributed by atoms with Crippen LogP contribution in [-0.2, 0) is 14.6 Å². The number of fused-ring (bicyclic) bond motifs is 1. The number of carbonyl (C=O) groups excluding carboxylic acids is 1. The number of amides is 1. The van der Waals surface area contributed by atoms with Gasteiger partial charge in [-0.05, 0) is 38.7 Å². The Kier molecular flexibility index (Phi) is 5.07. The summed E-state index contributed by atoms with van der Waals surface area (Å²) in [7, 11) is -1.23. The largest absolute Gasteiger partial charge is 0.356 e. The van der Waals surface area contributed by atoms with E-state index in [9.17, 15) is 13.2 Å². The molecule has 2 aromatic rings. The Bertz CT molecular complexity index is 1010. The lowest BCUT2D eigenvalue weighted by molar-refractivity contribution is -0.136. The molecule has 0 unspecified atom stereocenters. The van der Waals surface area contributed by atoms with Crippen molar-refractivity contribution >= 4 is 43.1 Å². The standard InChI is InChI=1S/C19H26N4O3S2/c1-12-13(2)27-18-16(12)17(20-11-21-18)23-7-4-14(5-8-23)19(24)22(3)15-6-9-28(25,26)10-15/h11,14-15H,4-10H2,1-3H3/t15-/m0/s1. The number of piperidine rings is 1. The molecule has 4 heterocycles. The van der Waals surface area contributed by atoms with Gasteiger partial charge in [-0.2, -0.15) is 0 Å². The molecule has 2 aliphatic heterocycles. The van der Waals surface area contributed by atoms with Crippen molar-refractivity contribution in [3.05, 3.63) is 16.8 Å². The number of aromatic nitrogens is 2. The summed E-state index contributed by atoms with van der Waals surface area (Å²) in [4.78, 5) is 28.1. The van der Waals surface area contributed by atoms with Gasteiger partial charge in [0.1, 0.15) is 17.0 Å². The Morgan fingerprint density at radius 3 is 2.57 bits per heavy atom. The Hall–Kier alpha value is -1.74. The van der Waals surface area contributed by atoms with Crippen molar-refractivity contribution in [3.63, 3.8) is 0 Å². The SMILES string of the molecule is Cc1sc2ncnc(N3CCC(C(=O)N(C)[C@H]4CCS(=O)(=O)C4)CC3)c2c1C. The molecule has 1 atom stereocenters. The highest BCUT2D eigenvalue weighted by atomic mass is 32.2. The minimum absolute atomic E-state index is 0.0489.